The fourth-order valence-corrected chi connectivity index (χ4v) is 2.41. The zero-order valence-corrected chi connectivity index (χ0v) is 17.5. The largest absolute Gasteiger partial charge is 0.480 e. The summed E-state index contributed by atoms with van der Waals surface area (Å²) in [7, 11) is 0. The van der Waals surface area contributed by atoms with Gasteiger partial charge in [-0.25, -0.2) is 10.9 Å². The number of hydrogen-bond donors (Lipinski definition) is 4. The lowest BCUT2D eigenvalue weighted by Crippen LogP contribution is -2.60. The van der Waals surface area contributed by atoms with Crippen LogP contribution in [0.3, 0.4) is 0 Å². The molecule has 7 nitrogen and oxygen atoms in total. The maximum Gasteiger partial charge on any atom is 0.325 e. The molecular formula is C19H37N3O4. The minimum absolute atomic E-state index is 0.0363. The number of hydrazine groups is 1. The van der Waals surface area contributed by atoms with Gasteiger partial charge >= 0.3 is 5.97 Å². The Balaban J connectivity index is 5.27. The molecule has 1 amide bonds. The monoisotopic (exact) mass is 371 g/mol. The highest BCUT2D eigenvalue weighted by Crippen LogP contribution is 2.22. The third kappa shape index (κ3) is 7.41. The SMILES string of the molecule is CC[C@H](C)[C@H](NN[C@H](C(=O)C(C)(C)C)[C@@H](C)CC)C(=O)NC(C)C(=O)O. The number of rotatable bonds is 11. The summed E-state index contributed by atoms with van der Waals surface area (Å²) in [6.07, 6.45) is 1.55. The number of carbonyl (C=O) groups is 3. The second-order valence-corrected chi connectivity index (χ2v) is 8.20. The van der Waals surface area contributed by atoms with Crippen molar-refractivity contribution in [3.05, 3.63) is 0 Å². The van der Waals surface area contributed by atoms with E-state index in [-0.39, 0.29) is 17.6 Å². The van der Waals surface area contributed by atoms with E-state index in [1.54, 1.807) is 0 Å². The molecule has 152 valence electrons. The van der Waals surface area contributed by atoms with Crippen molar-refractivity contribution in [2.75, 3.05) is 0 Å². The summed E-state index contributed by atoms with van der Waals surface area (Å²) in [5.74, 6) is -1.36. The molecular weight excluding hydrogens is 334 g/mol. The fraction of sp³-hybridized carbons (Fsp3) is 0.842. The Morgan fingerprint density at radius 2 is 1.31 bits per heavy atom. The predicted molar refractivity (Wildman–Crippen MR) is 102 cm³/mol. The zero-order valence-electron chi connectivity index (χ0n) is 17.5. The maximum atomic E-state index is 12.8. The number of carboxylic acids is 1. The van der Waals surface area contributed by atoms with Gasteiger partial charge in [-0.2, -0.15) is 0 Å². The van der Waals surface area contributed by atoms with Crippen LogP contribution in [0.15, 0.2) is 0 Å². The predicted octanol–water partition coefficient (Wildman–Crippen LogP) is 2.11. The smallest absolute Gasteiger partial charge is 0.325 e. The minimum atomic E-state index is -1.09. The summed E-state index contributed by atoms with van der Waals surface area (Å²) in [4.78, 5) is 36.3. The van der Waals surface area contributed by atoms with Gasteiger partial charge in [0.1, 0.15) is 12.1 Å². The van der Waals surface area contributed by atoms with E-state index in [9.17, 15) is 14.4 Å². The van der Waals surface area contributed by atoms with Crippen LogP contribution in [0.25, 0.3) is 0 Å². The van der Waals surface area contributed by atoms with Gasteiger partial charge in [0.05, 0.1) is 6.04 Å². The van der Waals surface area contributed by atoms with Gasteiger partial charge in [0.25, 0.3) is 0 Å². The van der Waals surface area contributed by atoms with E-state index in [0.717, 1.165) is 12.8 Å². The highest BCUT2D eigenvalue weighted by atomic mass is 16.4. The first kappa shape index (κ1) is 24.5. The van der Waals surface area contributed by atoms with Crippen LogP contribution in [-0.4, -0.2) is 40.9 Å². The van der Waals surface area contributed by atoms with Crippen molar-refractivity contribution in [2.45, 2.75) is 86.4 Å². The van der Waals surface area contributed by atoms with Crippen LogP contribution in [0, 0.1) is 17.3 Å². The molecule has 26 heavy (non-hydrogen) atoms. The second kappa shape index (κ2) is 10.6. The van der Waals surface area contributed by atoms with E-state index in [0.29, 0.717) is 0 Å². The summed E-state index contributed by atoms with van der Waals surface area (Å²) in [6.45, 7) is 14.9. The molecule has 4 N–H and O–H groups in total. The molecule has 0 heterocycles. The minimum Gasteiger partial charge on any atom is -0.480 e. The average Bonchev–Trinajstić information content (AvgIpc) is 2.55. The van der Waals surface area contributed by atoms with E-state index in [4.69, 9.17) is 5.11 Å². The van der Waals surface area contributed by atoms with Gasteiger partial charge in [-0.1, -0.05) is 61.3 Å². The molecule has 0 aromatic carbocycles. The van der Waals surface area contributed by atoms with Gasteiger partial charge in [0.2, 0.25) is 5.91 Å². The van der Waals surface area contributed by atoms with Crippen molar-refractivity contribution < 1.29 is 19.5 Å². The summed E-state index contributed by atoms with van der Waals surface area (Å²) >= 11 is 0. The zero-order chi connectivity index (χ0) is 20.7. The summed E-state index contributed by atoms with van der Waals surface area (Å²) < 4.78 is 0. The molecule has 0 bridgehead atoms. The third-order valence-corrected chi connectivity index (χ3v) is 4.85. The van der Waals surface area contributed by atoms with Gasteiger partial charge in [0.15, 0.2) is 5.78 Å². The van der Waals surface area contributed by atoms with Crippen LogP contribution in [0.2, 0.25) is 0 Å². The summed E-state index contributed by atoms with van der Waals surface area (Å²) in [5, 5.41) is 11.5. The van der Waals surface area contributed by atoms with Crippen molar-refractivity contribution >= 4 is 17.7 Å². The van der Waals surface area contributed by atoms with Crippen molar-refractivity contribution in [1.82, 2.24) is 16.2 Å². The molecule has 7 heteroatoms. The molecule has 0 saturated heterocycles. The molecule has 0 fully saturated rings. The fourth-order valence-electron chi connectivity index (χ4n) is 2.41. The highest BCUT2D eigenvalue weighted by Gasteiger charge is 2.34. The lowest BCUT2D eigenvalue weighted by molar-refractivity contribution is -0.141. The van der Waals surface area contributed by atoms with Crippen LogP contribution < -0.4 is 16.2 Å². The van der Waals surface area contributed by atoms with E-state index in [2.05, 4.69) is 16.2 Å². The Morgan fingerprint density at radius 1 is 0.885 bits per heavy atom. The van der Waals surface area contributed by atoms with Crippen LogP contribution in [0.1, 0.15) is 68.2 Å². The maximum absolute atomic E-state index is 12.8. The van der Waals surface area contributed by atoms with Crippen LogP contribution in [0.5, 0.6) is 0 Å². The third-order valence-electron chi connectivity index (χ3n) is 4.85. The van der Waals surface area contributed by atoms with E-state index in [1.807, 2.05) is 48.5 Å². The first-order valence-corrected chi connectivity index (χ1v) is 9.45. The standard InChI is InChI=1S/C19H37N3O4/c1-9-11(3)14(16(23)19(6,7)8)21-22-15(12(4)10-2)17(24)20-13(5)18(25)26/h11-15,21-22H,9-10H2,1-8H3,(H,20,24)(H,25,26)/t11-,12-,13?,14-,15-/m0/s1. The number of nitrogens with one attached hydrogen (secondary N) is 3. The Morgan fingerprint density at radius 3 is 1.69 bits per heavy atom. The lowest BCUT2D eigenvalue weighted by Gasteiger charge is -2.32. The molecule has 0 aromatic heterocycles. The number of Topliss-reactive ketones (excluding diaryl/α,β-unsaturated/α-hetero) is 1. The molecule has 0 aromatic rings. The van der Waals surface area contributed by atoms with Crippen LogP contribution in [0.4, 0.5) is 0 Å². The second-order valence-electron chi connectivity index (χ2n) is 8.20. The lowest BCUT2D eigenvalue weighted by atomic mass is 9.81. The Hall–Kier alpha value is -1.47. The first-order valence-electron chi connectivity index (χ1n) is 9.45. The number of ketones is 1. The molecule has 0 rings (SSSR count). The van der Waals surface area contributed by atoms with Gasteiger partial charge in [0, 0.05) is 5.41 Å². The van der Waals surface area contributed by atoms with Gasteiger partial charge < -0.3 is 10.4 Å². The highest BCUT2D eigenvalue weighted by molar-refractivity contribution is 5.89. The number of carbonyl (C=O) groups excluding carboxylic acids is 2. The quantitative estimate of drug-likeness (QED) is 0.414. The average molecular weight is 372 g/mol. The van der Waals surface area contributed by atoms with Crippen molar-refractivity contribution in [3.63, 3.8) is 0 Å². The topological polar surface area (TPSA) is 108 Å². The van der Waals surface area contributed by atoms with Gasteiger partial charge in [-0.15, -0.1) is 0 Å². The van der Waals surface area contributed by atoms with E-state index < -0.39 is 35.4 Å². The van der Waals surface area contributed by atoms with E-state index in [1.165, 1.54) is 6.92 Å². The molecule has 1 unspecified atom stereocenters. The first-order chi connectivity index (χ1) is 11.9. The van der Waals surface area contributed by atoms with Crippen LogP contribution in [-0.2, 0) is 14.4 Å². The van der Waals surface area contributed by atoms with Gasteiger partial charge in [-0.3, -0.25) is 14.4 Å². The summed E-state index contributed by atoms with van der Waals surface area (Å²) in [5.41, 5.74) is 5.57. The Labute approximate surface area is 157 Å². The molecule has 0 aliphatic carbocycles. The van der Waals surface area contributed by atoms with Crippen LogP contribution >= 0.6 is 0 Å². The molecule has 0 radical (unpaired) electrons. The van der Waals surface area contributed by atoms with Crippen molar-refractivity contribution in [3.8, 4) is 0 Å². The molecule has 0 aliphatic heterocycles. The number of amides is 1. The number of carboxylic acid groups (broad SMARTS) is 1. The number of hydrogen-bond acceptors (Lipinski definition) is 5. The van der Waals surface area contributed by atoms with Gasteiger partial charge in [-0.05, 0) is 18.8 Å². The molecule has 0 saturated carbocycles. The van der Waals surface area contributed by atoms with Crippen molar-refractivity contribution in [1.29, 1.82) is 0 Å². The summed E-state index contributed by atoms with van der Waals surface area (Å²) in [6, 6.07) is -2.05. The molecule has 0 aliphatic rings. The number of aliphatic carboxylic acids is 1. The molecule has 5 atom stereocenters. The Kier molecular flexibility index (Phi) is 10.0. The Bertz CT molecular complexity index is 488. The van der Waals surface area contributed by atoms with Crippen molar-refractivity contribution in [2.24, 2.45) is 17.3 Å². The normalized spacial score (nSPS) is 17.7. The van der Waals surface area contributed by atoms with E-state index >= 15 is 0 Å². The molecule has 0 spiro atoms.